The van der Waals surface area contributed by atoms with Crippen LogP contribution in [0.4, 0.5) is 0 Å². The summed E-state index contributed by atoms with van der Waals surface area (Å²) >= 11 is 0. The fourth-order valence-corrected chi connectivity index (χ4v) is 3.97. The average Bonchev–Trinajstić information content (AvgIpc) is 2.99. The van der Waals surface area contributed by atoms with Crippen molar-refractivity contribution in [2.75, 3.05) is 0 Å². The SMILES string of the molecule is C[C@@H]1C[C@@H]2OC(=O)C[C@@H]2[C@H]1/C=C/[C@H](C)CCc1ccccc1. The first-order chi connectivity index (χ1) is 10.6. The van der Waals surface area contributed by atoms with E-state index in [4.69, 9.17) is 4.74 Å². The van der Waals surface area contributed by atoms with Gasteiger partial charge in [-0.1, -0.05) is 56.3 Å². The number of esters is 1. The van der Waals surface area contributed by atoms with Gasteiger partial charge in [0.15, 0.2) is 0 Å². The molecule has 3 rings (SSSR count). The largest absolute Gasteiger partial charge is 0.462 e. The van der Waals surface area contributed by atoms with E-state index in [1.165, 1.54) is 12.0 Å². The Bertz CT molecular complexity index is 534. The quantitative estimate of drug-likeness (QED) is 0.595. The van der Waals surface area contributed by atoms with E-state index in [1.54, 1.807) is 0 Å². The fourth-order valence-electron chi connectivity index (χ4n) is 3.97. The highest BCUT2D eigenvalue weighted by Gasteiger charge is 2.47. The second kappa shape index (κ2) is 6.68. The molecule has 0 bridgehead atoms. The summed E-state index contributed by atoms with van der Waals surface area (Å²) in [6.07, 6.45) is 8.84. The minimum Gasteiger partial charge on any atom is -0.462 e. The zero-order chi connectivity index (χ0) is 15.5. The summed E-state index contributed by atoms with van der Waals surface area (Å²) in [6, 6.07) is 10.7. The van der Waals surface area contributed by atoms with Crippen molar-refractivity contribution in [1.29, 1.82) is 0 Å². The molecule has 2 fully saturated rings. The Morgan fingerprint density at radius 1 is 1.32 bits per heavy atom. The first-order valence-electron chi connectivity index (χ1n) is 8.55. The second-order valence-corrected chi connectivity index (χ2v) is 7.07. The maximum atomic E-state index is 11.5. The van der Waals surface area contributed by atoms with E-state index in [0.29, 0.717) is 30.1 Å². The van der Waals surface area contributed by atoms with Crippen molar-refractivity contribution in [3.63, 3.8) is 0 Å². The van der Waals surface area contributed by atoms with Crippen LogP contribution in [0.25, 0.3) is 0 Å². The van der Waals surface area contributed by atoms with Crippen LogP contribution >= 0.6 is 0 Å². The van der Waals surface area contributed by atoms with Crippen LogP contribution in [0.5, 0.6) is 0 Å². The lowest BCUT2D eigenvalue weighted by molar-refractivity contribution is -0.141. The van der Waals surface area contributed by atoms with E-state index in [-0.39, 0.29) is 12.1 Å². The van der Waals surface area contributed by atoms with Crippen LogP contribution in [0.2, 0.25) is 0 Å². The summed E-state index contributed by atoms with van der Waals surface area (Å²) in [4.78, 5) is 11.5. The molecule has 0 unspecified atom stereocenters. The number of ether oxygens (including phenoxy) is 1. The van der Waals surface area contributed by atoms with Crippen molar-refractivity contribution in [3.8, 4) is 0 Å². The molecule has 2 nitrogen and oxygen atoms in total. The minimum absolute atomic E-state index is 0.00238. The molecular weight excluding hydrogens is 272 g/mol. The fraction of sp³-hybridized carbons (Fsp3) is 0.550. The standard InChI is InChI=1S/C20H26O2/c1-14(8-10-16-6-4-3-5-7-16)9-11-17-15(2)12-19-18(17)13-20(21)22-19/h3-7,9,11,14-15,17-19H,8,10,12-13H2,1-2H3/b11-9+/t14-,15-,17+,18-,19+/m1/s1. The molecule has 1 heterocycles. The number of carbonyl (C=O) groups is 1. The summed E-state index contributed by atoms with van der Waals surface area (Å²) in [5, 5.41) is 0. The van der Waals surface area contributed by atoms with E-state index in [0.717, 1.165) is 12.8 Å². The molecule has 0 aromatic heterocycles. The smallest absolute Gasteiger partial charge is 0.306 e. The highest BCUT2D eigenvalue weighted by molar-refractivity contribution is 5.72. The zero-order valence-electron chi connectivity index (χ0n) is 13.6. The number of allylic oxidation sites excluding steroid dienone is 2. The van der Waals surface area contributed by atoms with Crippen LogP contribution in [0, 0.1) is 23.7 Å². The van der Waals surface area contributed by atoms with Gasteiger partial charge in [-0.25, -0.2) is 0 Å². The molecule has 0 amide bonds. The van der Waals surface area contributed by atoms with E-state index in [1.807, 2.05) is 0 Å². The first kappa shape index (κ1) is 15.3. The van der Waals surface area contributed by atoms with Crippen LogP contribution in [0.15, 0.2) is 42.5 Å². The Kier molecular flexibility index (Phi) is 4.66. The van der Waals surface area contributed by atoms with Crippen LogP contribution in [-0.2, 0) is 16.0 Å². The van der Waals surface area contributed by atoms with Gasteiger partial charge in [0.2, 0.25) is 0 Å². The van der Waals surface area contributed by atoms with Crippen molar-refractivity contribution < 1.29 is 9.53 Å². The Labute approximate surface area is 133 Å². The number of aryl methyl sites for hydroxylation is 1. The van der Waals surface area contributed by atoms with Crippen molar-refractivity contribution in [3.05, 3.63) is 48.0 Å². The average molecular weight is 298 g/mol. The molecule has 5 atom stereocenters. The van der Waals surface area contributed by atoms with Crippen LogP contribution in [-0.4, -0.2) is 12.1 Å². The third-order valence-corrected chi connectivity index (χ3v) is 5.31. The Balaban J connectivity index is 1.53. The lowest BCUT2D eigenvalue weighted by Crippen LogP contribution is -2.13. The first-order valence-corrected chi connectivity index (χ1v) is 8.55. The van der Waals surface area contributed by atoms with E-state index < -0.39 is 0 Å². The molecule has 1 saturated heterocycles. The van der Waals surface area contributed by atoms with Crippen LogP contribution in [0.3, 0.4) is 0 Å². The lowest BCUT2D eigenvalue weighted by Gasteiger charge is -2.16. The Morgan fingerprint density at radius 2 is 2.09 bits per heavy atom. The van der Waals surface area contributed by atoms with Gasteiger partial charge in [-0.2, -0.15) is 0 Å². The summed E-state index contributed by atoms with van der Waals surface area (Å²) in [5.74, 6) is 2.12. The summed E-state index contributed by atoms with van der Waals surface area (Å²) in [7, 11) is 0. The molecule has 2 aliphatic rings. The van der Waals surface area contributed by atoms with Gasteiger partial charge in [0.1, 0.15) is 6.10 Å². The topological polar surface area (TPSA) is 26.3 Å². The maximum absolute atomic E-state index is 11.5. The van der Waals surface area contributed by atoms with Gasteiger partial charge in [0.25, 0.3) is 0 Å². The third-order valence-electron chi connectivity index (χ3n) is 5.31. The van der Waals surface area contributed by atoms with Crippen molar-refractivity contribution in [2.24, 2.45) is 23.7 Å². The van der Waals surface area contributed by atoms with Gasteiger partial charge in [-0.05, 0) is 42.6 Å². The summed E-state index contributed by atoms with van der Waals surface area (Å²) in [5.41, 5.74) is 1.41. The molecule has 1 aliphatic carbocycles. The van der Waals surface area contributed by atoms with E-state index in [2.05, 4.69) is 56.3 Å². The van der Waals surface area contributed by atoms with E-state index >= 15 is 0 Å². The monoisotopic (exact) mass is 298 g/mol. The number of hydrogen-bond donors (Lipinski definition) is 0. The molecule has 1 aromatic carbocycles. The highest BCUT2D eigenvalue weighted by Crippen LogP contribution is 2.45. The third kappa shape index (κ3) is 3.43. The van der Waals surface area contributed by atoms with Crippen LogP contribution in [0.1, 0.15) is 38.7 Å². The van der Waals surface area contributed by atoms with E-state index in [9.17, 15) is 4.79 Å². The predicted octanol–water partition coefficient (Wildman–Crippen LogP) is 4.40. The minimum atomic E-state index is -0.00238. The number of hydrogen-bond acceptors (Lipinski definition) is 2. The van der Waals surface area contributed by atoms with Crippen molar-refractivity contribution >= 4 is 5.97 Å². The number of rotatable bonds is 5. The predicted molar refractivity (Wildman–Crippen MR) is 88.3 cm³/mol. The molecule has 118 valence electrons. The molecule has 1 aromatic rings. The van der Waals surface area contributed by atoms with Crippen molar-refractivity contribution in [2.45, 2.75) is 45.6 Å². The number of benzene rings is 1. The van der Waals surface area contributed by atoms with Gasteiger partial charge < -0.3 is 4.74 Å². The summed E-state index contributed by atoms with van der Waals surface area (Å²) in [6.45, 7) is 4.57. The molecule has 0 spiro atoms. The second-order valence-electron chi connectivity index (χ2n) is 7.07. The summed E-state index contributed by atoms with van der Waals surface area (Å²) < 4.78 is 5.43. The van der Waals surface area contributed by atoms with Gasteiger partial charge in [-0.3, -0.25) is 4.79 Å². The lowest BCUT2D eigenvalue weighted by atomic mass is 9.87. The molecular formula is C20H26O2. The maximum Gasteiger partial charge on any atom is 0.306 e. The zero-order valence-corrected chi connectivity index (χ0v) is 13.6. The van der Waals surface area contributed by atoms with Crippen molar-refractivity contribution in [1.82, 2.24) is 0 Å². The molecule has 2 heteroatoms. The number of fused-ring (bicyclic) bond motifs is 1. The molecule has 0 radical (unpaired) electrons. The Morgan fingerprint density at radius 3 is 2.86 bits per heavy atom. The Hall–Kier alpha value is -1.57. The van der Waals surface area contributed by atoms with Gasteiger partial charge in [0.05, 0.1) is 6.42 Å². The molecule has 22 heavy (non-hydrogen) atoms. The highest BCUT2D eigenvalue weighted by atomic mass is 16.6. The van der Waals surface area contributed by atoms with Crippen LogP contribution < -0.4 is 0 Å². The number of carbonyl (C=O) groups excluding carboxylic acids is 1. The van der Waals surface area contributed by atoms with Gasteiger partial charge in [0, 0.05) is 5.92 Å². The molecule has 0 N–H and O–H groups in total. The molecule has 1 saturated carbocycles. The molecule has 1 aliphatic heterocycles. The van der Waals surface area contributed by atoms with Gasteiger partial charge >= 0.3 is 5.97 Å². The van der Waals surface area contributed by atoms with Gasteiger partial charge in [-0.15, -0.1) is 0 Å². The normalized spacial score (nSPS) is 32.2.